The molecule has 0 saturated carbocycles. The van der Waals surface area contributed by atoms with E-state index in [2.05, 4.69) is 22.3 Å². The number of nitrogens with zero attached hydrogens (tertiary/aromatic N) is 2. The van der Waals surface area contributed by atoms with Crippen LogP contribution in [0.15, 0.2) is 12.4 Å². The van der Waals surface area contributed by atoms with Gasteiger partial charge in [0.05, 0.1) is 18.3 Å². The molecule has 5 nitrogen and oxygen atoms in total. The van der Waals surface area contributed by atoms with Crippen molar-refractivity contribution in [1.29, 1.82) is 0 Å². The second-order valence-electron chi connectivity index (χ2n) is 4.24. The number of ether oxygens (including phenoxy) is 1. The molecule has 1 aromatic rings. The van der Waals surface area contributed by atoms with Crippen molar-refractivity contribution in [2.45, 2.75) is 32.4 Å². The summed E-state index contributed by atoms with van der Waals surface area (Å²) >= 11 is 0. The maximum absolute atomic E-state index is 10.7. The number of rotatable bonds is 2. The van der Waals surface area contributed by atoms with Crippen LogP contribution in [-0.4, -0.2) is 28.8 Å². The summed E-state index contributed by atoms with van der Waals surface area (Å²) in [5, 5.41) is 6.88. The Balaban J connectivity index is 1.90. The highest BCUT2D eigenvalue weighted by molar-refractivity contribution is 5.73. The molecule has 96 valence electrons. The Kier molecular flexibility index (Phi) is 4.37. The lowest BCUT2D eigenvalue weighted by Crippen LogP contribution is -2.19. The number of carbonyl (C=O) groups excluding carboxylic acids is 1. The summed E-state index contributed by atoms with van der Waals surface area (Å²) in [5.41, 5.74) is 0.842. The Morgan fingerprint density at radius 3 is 3.28 bits per heavy atom. The molecule has 0 unspecified atom stereocenters. The second-order valence-corrected chi connectivity index (χ2v) is 4.24. The third kappa shape index (κ3) is 3.60. The number of nitrogens with one attached hydrogen (secondary N) is 1. The molecular formula is C13H17N3O2. The van der Waals surface area contributed by atoms with E-state index in [0.29, 0.717) is 6.54 Å². The molecule has 1 aromatic heterocycles. The third-order valence-electron chi connectivity index (χ3n) is 2.71. The first-order valence-corrected chi connectivity index (χ1v) is 6.15. The topological polar surface area (TPSA) is 56.2 Å². The van der Waals surface area contributed by atoms with Crippen LogP contribution in [0.3, 0.4) is 0 Å². The van der Waals surface area contributed by atoms with Crippen LogP contribution in [0.25, 0.3) is 0 Å². The van der Waals surface area contributed by atoms with Crippen molar-refractivity contribution in [2.24, 2.45) is 0 Å². The molecule has 0 bridgehead atoms. The van der Waals surface area contributed by atoms with Gasteiger partial charge in [0, 0.05) is 19.7 Å². The smallest absolute Gasteiger partial charge is 0.217 e. The Hall–Kier alpha value is -1.80. The lowest BCUT2D eigenvalue weighted by molar-refractivity contribution is -0.118. The van der Waals surface area contributed by atoms with Gasteiger partial charge in [0.2, 0.25) is 5.91 Å². The van der Waals surface area contributed by atoms with Gasteiger partial charge >= 0.3 is 0 Å². The van der Waals surface area contributed by atoms with Crippen LogP contribution in [0.5, 0.6) is 0 Å². The fourth-order valence-corrected chi connectivity index (χ4v) is 1.81. The molecule has 2 heterocycles. The zero-order chi connectivity index (χ0) is 12.8. The van der Waals surface area contributed by atoms with Gasteiger partial charge in [-0.25, -0.2) is 4.68 Å². The first kappa shape index (κ1) is 12.7. The summed E-state index contributed by atoms with van der Waals surface area (Å²) < 4.78 is 7.45. The Morgan fingerprint density at radius 1 is 1.67 bits per heavy atom. The van der Waals surface area contributed by atoms with Gasteiger partial charge in [-0.2, -0.15) is 5.10 Å². The monoisotopic (exact) mass is 247 g/mol. The lowest BCUT2D eigenvalue weighted by atomic mass is 10.2. The number of amides is 1. The van der Waals surface area contributed by atoms with Crippen LogP contribution < -0.4 is 5.32 Å². The van der Waals surface area contributed by atoms with Crippen molar-refractivity contribution in [1.82, 2.24) is 15.1 Å². The zero-order valence-corrected chi connectivity index (χ0v) is 10.5. The van der Waals surface area contributed by atoms with Crippen molar-refractivity contribution >= 4 is 5.91 Å². The molecule has 0 radical (unpaired) electrons. The predicted molar refractivity (Wildman–Crippen MR) is 66.6 cm³/mol. The Labute approximate surface area is 107 Å². The van der Waals surface area contributed by atoms with Gasteiger partial charge in [0.15, 0.2) is 0 Å². The van der Waals surface area contributed by atoms with Gasteiger partial charge in [0.25, 0.3) is 0 Å². The van der Waals surface area contributed by atoms with E-state index in [1.54, 1.807) is 6.20 Å². The molecule has 18 heavy (non-hydrogen) atoms. The fraction of sp³-hybridized carbons (Fsp3) is 0.538. The summed E-state index contributed by atoms with van der Waals surface area (Å²) in [6, 6.07) is 0. The van der Waals surface area contributed by atoms with E-state index >= 15 is 0 Å². The van der Waals surface area contributed by atoms with Crippen LogP contribution in [0.2, 0.25) is 0 Å². The van der Waals surface area contributed by atoms with E-state index in [1.807, 2.05) is 10.9 Å². The Morgan fingerprint density at radius 2 is 2.56 bits per heavy atom. The largest absolute Gasteiger partial charge is 0.357 e. The van der Waals surface area contributed by atoms with E-state index in [9.17, 15) is 4.79 Å². The van der Waals surface area contributed by atoms with Gasteiger partial charge in [-0.15, -0.1) is 0 Å². The van der Waals surface area contributed by atoms with E-state index < -0.39 is 0 Å². The summed E-state index contributed by atoms with van der Waals surface area (Å²) in [6.07, 6.45) is 6.95. The molecule has 1 fully saturated rings. The van der Waals surface area contributed by atoms with Crippen LogP contribution in [-0.2, 0) is 9.53 Å². The highest BCUT2D eigenvalue weighted by Crippen LogP contribution is 2.21. The summed E-state index contributed by atoms with van der Waals surface area (Å²) in [7, 11) is 0. The summed E-state index contributed by atoms with van der Waals surface area (Å²) in [6.45, 7) is 2.63. The van der Waals surface area contributed by atoms with Crippen molar-refractivity contribution < 1.29 is 9.53 Å². The van der Waals surface area contributed by atoms with Crippen LogP contribution in [0, 0.1) is 11.8 Å². The van der Waals surface area contributed by atoms with Gasteiger partial charge in [-0.05, 0) is 19.3 Å². The van der Waals surface area contributed by atoms with Crippen molar-refractivity contribution in [2.75, 3.05) is 13.2 Å². The number of hydrogen-bond donors (Lipinski definition) is 1. The molecule has 1 atom stereocenters. The van der Waals surface area contributed by atoms with Gasteiger partial charge in [-0.1, -0.05) is 11.8 Å². The Bertz CT molecular complexity index is 464. The minimum Gasteiger partial charge on any atom is -0.357 e. The highest BCUT2D eigenvalue weighted by Gasteiger charge is 2.15. The van der Waals surface area contributed by atoms with Crippen molar-refractivity contribution in [3.63, 3.8) is 0 Å². The quantitative estimate of drug-likeness (QED) is 0.795. The molecule has 1 aliphatic heterocycles. The van der Waals surface area contributed by atoms with Crippen LogP contribution >= 0.6 is 0 Å². The van der Waals surface area contributed by atoms with Crippen LogP contribution in [0.4, 0.5) is 0 Å². The average molecular weight is 247 g/mol. The summed E-state index contributed by atoms with van der Waals surface area (Å²) in [4.78, 5) is 10.7. The van der Waals surface area contributed by atoms with Crippen molar-refractivity contribution in [3.8, 4) is 11.8 Å². The van der Waals surface area contributed by atoms with E-state index in [0.717, 1.165) is 25.0 Å². The zero-order valence-electron chi connectivity index (χ0n) is 10.5. The molecule has 1 N–H and O–H groups in total. The molecule has 0 aliphatic carbocycles. The molecule has 1 amide bonds. The molecule has 5 heteroatoms. The van der Waals surface area contributed by atoms with Gasteiger partial charge < -0.3 is 10.1 Å². The van der Waals surface area contributed by atoms with Crippen molar-refractivity contribution in [3.05, 3.63) is 18.0 Å². The standard InChI is InChI=1S/C13H17N3O2/c1-11(17)14-7-4-5-12-9-15-16(10-12)13-6-2-3-8-18-13/h9-10,13H,2-3,6-8H2,1H3,(H,14,17)/t13-/m0/s1. The highest BCUT2D eigenvalue weighted by atomic mass is 16.5. The number of hydrogen-bond acceptors (Lipinski definition) is 3. The molecule has 0 spiro atoms. The maximum Gasteiger partial charge on any atom is 0.217 e. The van der Waals surface area contributed by atoms with E-state index in [-0.39, 0.29) is 12.1 Å². The summed E-state index contributed by atoms with van der Waals surface area (Å²) in [5.74, 6) is 5.76. The lowest BCUT2D eigenvalue weighted by Gasteiger charge is -2.22. The number of aromatic nitrogens is 2. The molecule has 0 aromatic carbocycles. The van der Waals surface area contributed by atoms with E-state index in [1.165, 1.54) is 13.3 Å². The molecule has 1 saturated heterocycles. The molecule has 1 aliphatic rings. The predicted octanol–water partition coefficient (Wildman–Crippen LogP) is 1.07. The molecule has 2 rings (SSSR count). The number of carbonyl (C=O) groups is 1. The first-order chi connectivity index (χ1) is 8.75. The average Bonchev–Trinajstić information content (AvgIpc) is 2.84. The van der Waals surface area contributed by atoms with Gasteiger partial charge in [-0.3, -0.25) is 4.79 Å². The van der Waals surface area contributed by atoms with E-state index in [4.69, 9.17) is 4.74 Å². The maximum atomic E-state index is 10.7. The molecular weight excluding hydrogens is 230 g/mol. The van der Waals surface area contributed by atoms with Crippen LogP contribution in [0.1, 0.15) is 38.0 Å². The minimum atomic E-state index is -0.0735. The second kappa shape index (κ2) is 6.22. The van der Waals surface area contributed by atoms with Gasteiger partial charge in [0.1, 0.15) is 6.23 Å². The third-order valence-corrected chi connectivity index (χ3v) is 2.71. The normalized spacial score (nSPS) is 18.8. The first-order valence-electron chi connectivity index (χ1n) is 6.15. The fourth-order valence-electron chi connectivity index (χ4n) is 1.81. The SMILES string of the molecule is CC(=O)NCC#Cc1cnn([C@@H]2CCCCO2)c1. The minimum absolute atomic E-state index is 0.0460.